The Kier molecular flexibility index (Phi) is 19.0. The van der Waals surface area contributed by atoms with Crippen LogP contribution < -0.4 is 37.6 Å². The van der Waals surface area contributed by atoms with E-state index in [1.165, 1.54) is 9.80 Å². The fourth-order valence-corrected chi connectivity index (χ4v) is 6.21. The molecule has 23 nitrogen and oxygen atoms in total. The second kappa shape index (κ2) is 23.0. The molecule has 0 aliphatic carbocycles. The first-order valence-electron chi connectivity index (χ1n) is 18.4. The molecule has 2 rings (SSSR count). The summed E-state index contributed by atoms with van der Waals surface area (Å²) in [6.45, 7) is 1.54. The van der Waals surface area contributed by atoms with E-state index in [4.69, 9.17) is 10.8 Å². The number of carboxylic acid groups (broad SMARTS) is 2. The molecule has 2 saturated heterocycles. The Balaban J connectivity index is 1.99. The smallest absolute Gasteiger partial charge is 0.326 e. The van der Waals surface area contributed by atoms with Gasteiger partial charge >= 0.3 is 11.9 Å². The molecule has 0 radical (unpaired) electrons. The molecule has 10 N–H and O–H groups in total. The van der Waals surface area contributed by atoms with E-state index in [1.54, 1.807) is 0 Å². The number of carbonyl (C=O) groups is 12. The number of hydrogen-bond acceptors (Lipinski definition) is 12. The average molecular weight is 810 g/mol. The third-order valence-corrected chi connectivity index (χ3v) is 9.12. The second-order valence-electron chi connectivity index (χ2n) is 13.5. The molecule has 0 aromatic carbocycles. The Morgan fingerprint density at radius 2 is 1.23 bits per heavy atom. The number of ketones is 1. The van der Waals surface area contributed by atoms with Crippen LogP contribution in [0.5, 0.6) is 0 Å². The quantitative estimate of drug-likeness (QED) is 0.0439. The second-order valence-corrected chi connectivity index (χ2v) is 13.5. The number of hydrogen-bond donors (Lipinski definition) is 9. The fourth-order valence-electron chi connectivity index (χ4n) is 6.21. The number of carbonyl (C=O) groups excluding carboxylic acids is 10. The maximum atomic E-state index is 13.1. The lowest BCUT2D eigenvalue weighted by molar-refractivity contribution is -0.148. The van der Waals surface area contributed by atoms with Crippen LogP contribution in [0.2, 0.25) is 0 Å². The molecule has 57 heavy (non-hydrogen) atoms. The highest BCUT2D eigenvalue weighted by Crippen LogP contribution is 2.19. The average Bonchev–Trinajstić information content (AvgIpc) is 3.85. The molecule has 2 fully saturated rings. The van der Waals surface area contributed by atoms with Crippen LogP contribution in [0.25, 0.3) is 0 Å². The number of nitrogens with two attached hydrogens (primary N) is 1. The van der Waals surface area contributed by atoms with E-state index >= 15 is 0 Å². The van der Waals surface area contributed by atoms with Gasteiger partial charge in [-0.2, -0.15) is 0 Å². The highest BCUT2D eigenvalue weighted by atomic mass is 16.4. The number of nitrogens with zero attached hydrogens (tertiary/aromatic N) is 2. The summed E-state index contributed by atoms with van der Waals surface area (Å²) in [6, 6.07) is -6.30. The maximum Gasteiger partial charge on any atom is 0.326 e. The van der Waals surface area contributed by atoms with E-state index in [0.717, 1.165) is 6.92 Å². The van der Waals surface area contributed by atoms with Crippen molar-refractivity contribution in [3.05, 3.63) is 0 Å². The minimum absolute atomic E-state index is 0.126. The van der Waals surface area contributed by atoms with Crippen molar-refractivity contribution in [1.82, 2.24) is 41.7 Å². The van der Waals surface area contributed by atoms with Crippen LogP contribution >= 0.6 is 0 Å². The van der Waals surface area contributed by atoms with E-state index < -0.39 is 140 Å². The topological polar surface area (TPSA) is 350 Å². The van der Waals surface area contributed by atoms with Gasteiger partial charge in [0.15, 0.2) is 0 Å². The number of rotatable bonds is 23. The molecule has 9 amide bonds. The minimum atomic E-state index is -1.62. The summed E-state index contributed by atoms with van der Waals surface area (Å²) in [5, 5.41) is 32.4. The Bertz CT molecular complexity index is 1570. The zero-order chi connectivity index (χ0) is 42.8. The lowest BCUT2D eigenvalue weighted by atomic mass is 10.1. The van der Waals surface area contributed by atoms with Gasteiger partial charge in [0.2, 0.25) is 53.0 Å². The predicted octanol–water partition coefficient (Wildman–Crippen LogP) is -4.62. The van der Waals surface area contributed by atoms with Crippen LogP contribution in [0.3, 0.4) is 0 Å². The molecule has 316 valence electrons. The number of likely N-dealkylation sites (tertiary alicyclic amines) is 2. The highest BCUT2D eigenvalue weighted by molar-refractivity contribution is 6.35. The molecule has 0 saturated carbocycles. The third kappa shape index (κ3) is 15.5. The van der Waals surface area contributed by atoms with Gasteiger partial charge in [0, 0.05) is 26.4 Å². The Morgan fingerprint density at radius 3 is 1.77 bits per heavy atom. The molecule has 5 atom stereocenters. The summed E-state index contributed by atoms with van der Waals surface area (Å²) in [5.74, 6) is -11.3. The van der Waals surface area contributed by atoms with Crippen molar-refractivity contribution >= 4 is 70.9 Å². The SMILES string of the molecule is CCCC[C@H](NC(=O)CNC(=O)C(CCC(=O)C(N)=O)NC(=O)C(CC(=O)O)NC(C)=O)C(=O)NCC(=O)N1CCCC1C(=O)NCC(=O)N1CCC[C@H]1C(=O)O. The third-order valence-electron chi connectivity index (χ3n) is 9.12. The van der Waals surface area contributed by atoms with Gasteiger partial charge in [0.1, 0.15) is 30.2 Å². The molecule has 2 aliphatic heterocycles. The van der Waals surface area contributed by atoms with E-state index in [2.05, 4.69) is 31.9 Å². The van der Waals surface area contributed by atoms with E-state index in [-0.39, 0.29) is 25.9 Å². The first-order valence-corrected chi connectivity index (χ1v) is 18.4. The van der Waals surface area contributed by atoms with Crippen LogP contribution in [0, 0.1) is 0 Å². The summed E-state index contributed by atoms with van der Waals surface area (Å²) in [6.07, 6.45) is 0.797. The molecule has 2 heterocycles. The van der Waals surface area contributed by atoms with Crippen molar-refractivity contribution < 1.29 is 67.7 Å². The van der Waals surface area contributed by atoms with Crippen molar-refractivity contribution in [3.63, 3.8) is 0 Å². The molecular weight excluding hydrogens is 758 g/mol. The summed E-state index contributed by atoms with van der Waals surface area (Å²) < 4.78 is 0. The number of primary amides is 1. The fraction of sp³-hybridized carbons (Fsp3) is 0.647. The number of amides is 9. The van der Waals surface area contributed by atoms with Crippen molar-refractivity contribution in [1.29, 1.82) is 0 Å². The molecule has 3 unspecified atom stereocenters. The number of Topliss-reactive ketones (excluding diaryl/α,β-unsaturated/α-hetero) is 1. The maximum absolute atomic E-state index is 13.1. The van der Waals surface area contributed by atoms with Crippen LogP contribution in [0.4, 0.5) is 0 Å². The van der Waals surface area contributed by atoms with Gasteiger partial charge in [-0.3, -0.25) is 52.7 Å². The van der Waals surface area contributed by atoms with E-state index in [0.29, 0.717) is 32.1 Å². The van der Waals surface area contributed by atoms with Gasteiger partial charge in [-0.15, -0.1) is 0 Å². The first-order chi connectivity index (χ1) is 26.9. The summed E-state index contributed by atoms with van der Waals surface area (Å²) in [5.41, 5.74) is 4.96. The first kappa shape index (κ1) is 47.0. The normalized spacial score (nSPS) is 17.6. The highest BCUT2D eigenvalue weighted by Gasteiger charge is 2.37. The van der Waals surface area contributed by atoms with Gasteiger partial charge < -0.3 is 57.6 Å². The lowest BCUT2D eigenvalue weighted by Gasteiger charge is -2.26. The minimum Gasteiger partial charge on any atom is -0.481 e. The molecular formula is C34H51N9O14. The Morgan fingerprint density at radius 1 is 0.684 bits per heavy atom. The van der Waals surface area contributed by atoms with Gasteiger partial charge in [0.05, 0.1) is 26.1 Å². The van der Waals surface area contributed by atoms with Crippen molar-refractivity contribution in [2.24, 2.45) is 5.73 Å². The molecule has 2 aliphatic rings. The Hall–Kier alpha value is -6.16. The van der Waals surface area contributed by atoms with Crippen molar-refractivity contribution in [2.45, 2.75) is 108 Å². The molecule has 0 bridgehead atoms. The zero-order valence-corrected chi connectivity index (χ0v) is 31.8. The molecule has 0 aromatic heterocycles. The van der Waals surface area contributed by atoms with Crippen LogP contribution in [0.1, 0.15) is 78.1 Å². The largest absolute Gasteiger partial charge is 0.481 e. The van der Waals surface area contributed by atoms with Crippen molar-refractivity contribution in [2.75, 3.05) is 32.7 Å². The summed E-state index contributed by atoms with van der Waals surface area (Å²) in [7, 11) is 0. The standard InChI is InChI=1S/C34H51N9O14/c1-3-4-7-19(30(52)37-16-26(47)42-12-5-8-22(42)33(55)38-17-27(48)43-13-6-9-23(43)34(56)57)40-25(46)15-36-31(53)20(10-11-24(45)29(35)51)41-32(54)21(14-28(49)50)39-18(2)44/h19-23H,3-17H2,1-2H3,(H2,35,51)(H,36,53)(H,37,52)(H,38,55)(H,39,44)(H,40,46)(H,41,54)(H,49,50)(H,56,57)/t19-,20?,21?,22?,23-/m0/s1. The number of unbranched alkanes of at least 4 members (excludes halogenated alkanes) is 1. The number of aliphatic carboxylic acids is 2. The number of carboxylic acids is 2. The zero-order valence-electron chi connectivity index (χ0n) is 31.8. The van der Waals surface area contributed by atoms with Gasteiger partial charge in [-0.25, -0.2) is 4.79 Å². The molecule has 0 spiro atoms. The Labute approximate surface area is 326 Å². The summed E-state index contributed by atoms with van der Waals surface area (Å²) in [4.78, 5) is 150. The van der Waals surface area contributed by atoms with Crippen LogP contribution in [-0.2, 0) is 57.5 Å². The van der Waals surface area contributed by atoms with Gasteiger partial charge in [-0.1, -0.05) is 19.8 Å². The van der Waals surface area contributed by atoms with E-state index in [1.807, 2.05) is 6.92 Å². The van der Waals surface area contributed by atoms with Crippen LogP contribution in [0.15, 0.2) is 0 Å². The molecule has 23 heteroatoms. The monoisotopic (exact) mass is 809 g/mol. The number of nitrogens with one attached hydrogen (secondary N) is 6. The molecule has 0 aromatic rings. The van der Waals surface area contributed by atoms with E-state index in [9.17, 15) is 62.6 Å². The summed E-state index contributed by atoms with van der Waals surface area (Å²) >= 11 is 0. The van der Waals surface area contributed by atoms with Crippen LogP contribution in [-0.4, -0.2) is 154 Å². The predicted molar refractivity (Wildman–Crippen MR) is 193 cm³/mol. The lowest BCUT2D eigenvalue weighted by Crippen LogP contribution is -2.56. The van der Waals surface area contributed by atoms with Gasteiger partial charge in [0.25, 0.3) is 5.91 Å². The van der Waals surface area contributed by atoms with Gasteiger partial charge in [-0.05, 0) is 38.5 Å². The van der Waals surface area contributed by atoms with Crippen molar-refractivity contribution in [3.8, 4) is 0 Å².